The van der Waals surface area contributed by atoms with Gasteiger partial charge in [0.25, 0.3) is 0 Å². The van der Waals surface area contributed by atoms with Crippen LogP contribution in [0.1, 0.15) is 15.9 Å². The number of carbonyl (C=O) groups is 1. The smallest absolute Gasteiger partial charge is 0.335 e. The highest BCUT2D eigenvalue weighted by Crippen LogP contribution is 2.23. The summed E-state index contributed by atoms with van der Waals surface area (Å²) < 4.78 is 13.1. The van der Waals surface area contributed by atoms with E-state index in [0.29, 0.717) is 5.56 Å². The molecular formula is C14H11FO2. The summed E-state index contributed by atoms with van der Waals surface area (Å²) in [4.78, 5) is 10.9. The van der Waals surface area contributed by atoms with Gasteiger partial charge in [0.05, 0.1) is 5.56 Å². The zero-order valence-electron chi connectivity index (χ0n) is 9.27. The van der Waals surface area contributed by atoms with Crippen molar-refractivity contribution in [2.75, 3.05) is 0 Å². The molecule has 0 saturated heterocycles. The Morgan fingerprint density at radius 2 is 1.82 bits per heavy atom. The summed E-state index contributed by atoms with van der Waals surface area (Å²) in [6.45, 7) is 1.73. The Labute approximate surface area is 98.3 Å². The molecule has 17 heavy (non-hydrogen) atoms. The highest BCUT2D eigenvalue weighted by molar-refractivity contribution is 5.90. The molecule has 86 valence electrons. The molecule has 0 spiro atoms. The second kappa shape index (κ2) is 4.37. The fraction of sp³-hybridized carbons (Fsp3) is 0.0714. The fourth-order valence-electron chi connectivity index (χ4n) is 1.75. The van der Waals surface area contributed by atoms with Gasteiger partial charge in [-0.1, -0.05) is 24.3 Å². The van der Waals surface area contributed by atoms with Crippen LogP contribution in [0.3, 0.4) is 0 Å². The molecule has 0 unspecified atom stereocenters. The third-order valence-electron chi connectivity index (χ3n) is 2.61. The molecule has 0 atom stereocenters. The van der Waals surface area contributed by atoms with Crippen molar-refractivity contribution in [2.24, 2.45) is 0 Å². The van der Waals surface area contributed by atoms with E-state index in [4.69, 9.17) is 5.11 Å². The SMILES string of the molecule is Cc1cc(-c2cccc(F)c2)ccc1C(=O)O. The lowest BCUT2D eigenvalue weighted by Crippen LogP contribution is -1.99. The minimum absolute atomic E-state index is 0.269. The first-order valence-corrected chi connectivity index (χ1v) is 5.18. The van der Waals surface area contributed by atoms with E-state index in [1.807, 2.05) is 0 Å². The Balaban J connectivity index is 2.48. The van der Waals surface area contributed by atoms with Crippen molar-refractivity contribution in [3.8, 4) is 11.1 Å². The molecule has 0 fully saturated rings. The number of aromatic carboxylic acids is 1. The van der Waals surface area contributed by atoms with Gasteiger partial charge in [-0.05, 0) is 41.8 Å². The molecule has 3 heteroatoms. The van der Waals surface area contributed by atoms with Gasteiger partial charge in [-0.3, -0.25) is 0 Å². The third kappa shape index (κ3) is 2.33. The zero-order valence-corrected chi connectivity index (χ0v) is 9.27. The summed E-state index contributed by atoms with van der Waals surface area (Å²) >= 11 is 0. The van der Waals surface area contributed by atoms with Crippen LogP contribution in [0.2, 0.25) is 0 Å². The van der Waals surface area contributed by atoms with Gasteiger partial charge in [-0.2, -0.15) is 0 Å². The maximum Gasteiger partial charge on any atom is 0.335 e. The first-order chi connectivity index (χ1) is 8.08. The maximum absolute atomic E-state index is 13.1. The third-order valence-corrected chi connectivity index (χ3v) is 2.61. The molecule has 0 amide bonds. The van der Waals surface area contributed by atoms with Gasteiger partial charge in [0.15, 0.2) is 0 Å². The molecule has 0 bridgehead atoms. The van der Waals surface area contributed by atoms with Crippen molar-refractivity contribution in [3.05, 3.63) is 59.4 Å². The number of rotatable bonds is 2. The van der Waals surface area contributed by atoms with Crippen LogP contribution in [0.25, 0.3) is 11.1 Å². The van der Waals surface area contributed by atoms with Gasteiger partial charge >= 0.3 is 5.97 Å². The van der Waals surface area contributed by atoms with Crippen LogP contribution in [-0.4, -0.2) is 11.1 Å². The summed E-state index contributed by atoms with van der Waals surface area (Å²) in [6.07, 6.45) is 0. The van der Waals surface area contributed by atoms with Gasteiger partial charge in [-0.25, -0.2) is 9.18 Å². The molecule has 0 heterocycles. The van der Waals surface area contributed by atoms with Crippen LogP contribution in [0.4, 0.5) is 4.39 Å². The molecule has 0 aliphatic carbocycles. The molecule has 0 aliphatic rings. The molecule has 0 radical (unpaired) electrons. The standard InChI is InChI=1S/C14H11FO2/c1-9-7-11(5-6-13(9)14(16)17)10-3-2-4-12(15)8-10/h2-8H,1H3,(H,16,17). The number of aryl methyl sites for hydroxylation is 1. The predicted octanol–water partition coefficient (Wildman–Crippen LogP) is 3.50. The molecule has 2 aromatic rings. The predicted molar refractivity (Wildman–Crippen MR) is 63.5 cm³/mol. The van der Waals surface area contributed by atoms with Crippen molar-refractivity contribution in [1.82, 2.24) is 0 Å². The molecule has 2 nitrogen and oxygen atoms in total. The molecular weight excluding hydrogens is 219 g/mol. The number of carboxylic acids is 1. The average Bonchev–Trinajstić information content (AvgIpc) is 2.28. The fourth-order valence-corrected chi connectivity index (χ4v) is 1.75. The number of hydrogen-bond acceptors (Lipinski definition) is 1. The molecule has 0 aromatic heterocycles. The Kier molecular flexibility index (Phi) is 2.91. The Morgan fingerprint density at radius 3 is 2.41 bits per heavy atom. The first-order valence-electron chi connectivity index (χ1n) is 5.18. The highest BCUT2D eigenvalue weighted by Gasteiger charge is 2.08. The van der Waals surface area contributed by atoms with Crippen LogP contribution in [0.5, 0.6) is 0 Å². The topological polar surface area (TPSA) is 37.3 Å². The summed E-state index contributed by atoms with van der Waals surface area (Å²) in [5.41, 5.74) is 2.49. The van der Waals surface area contributed by atoms with Crippen LogP contribution in [0.15, 0.2) is 42.5 Å². The molecule has 0 saturated carbocycles. The first kappa shape index (κ1) is 11.3. The summed E-state index contributed by atoms with van der Waals surface area (Å²) in [6, 6.07) is 11.2. The van der Waals surface area contributed by atoms with E-state index < -0.39 is 5.97 Å². The Hall–Kier alpha value is -2.16. The van der Waals surface area contributed by atoms with E-state index in [9.17, 15) is 9.18 Å². The molecule has 0 aliphatic heterocycles. The lowest BCUT2D eigenvalue weighted by atomic mass is 10.00. The lowest BCUT2D eigenvalue weighted by Gasteiger charge is -2.05. The highest BCUT2D eigenvalue weighted by atomic mass is 19.1. The van der Waals surface area contributed by atoms with Crippen LogP contribution in [0, 0.1) is 12.7 Å². The summed E-state index contributed by atoms with van der Waals surface area (Å²) in [7, 11) is 0. The monoisotopic (exact) mass is 230 g/mol. The summed E-state index contributed by atoms with van der Waals surface area (Å²) in [5.74, 6) is -1.25. The van der Waals surface area contributed by atoms with Gasteiger partial charge in [0.2, 0.25) is 0 Å². The second-order valence-corrected chi connectivity index (χ2v) is 3.85. The van der Waals surface area contributed by atoms with Crippen molar-refractivity contribution in [2.45, 2.75) is 6.92 Å². The van der Waals surface area contributed by atoms with E-state index in [2.05, 4.69) is 0 Å². The van der Waals surface area contributed by atoms with Crippen molar-refractivity contribution >= 4 is 5.97 Å². The normalized spacial score (nSPS) is 10.2. The van der Waals surface area contributed by atoms with E-state index in [-0.39, 0.29) is 11.4 Å². The van der Waals surface area contributed by atoms with Gasteiger partial charge in [-0.15, -0.1) is 0 Å². The second-order valence-electron chi connectivity index (χ2n) is 3.85. The van der Waals surface area contributed by atoms with Crippen LogP contribution in [-0.2, 0) is 0 Å². The van der Waals surface area contributed by atoms with Gasteiger partial charge in [0, 0.05) is 0 Å². The number of halogens is 1. The van der Waals surface area contributed by atoms with Crippen LogP contribution < -0.4 is 0 Å². The number of carboxylic acid groups (broad SMARTS) is 1. The Bertz CT molecular complexity index is 576. The van der Waals surface area contributed by atoms with Crippen LogP contribution >= 0.6 is 0 Å². The molecule has 1 N–H and O–H groups in total. The van der Waals surface area contributed by atoms with Crippen molar-refractivity contribution in [3.63, 3.8) is 0 Å². The van der Waals surface area contributed by atoms with E-state index in [0.717, 1.165) is 11.1 Å². The van der Waals surface area contributed by atoms with Crippen molar-refractivity contribution < 1.29 is 14.3 Å². The molecule has 2 aromatic carbocycles. The minimum atomic E-state index is -0.951. The lowest BCUT2D eigenvalue weighted by molar-refractivity contribution is 0.0696. The van der Waals surface area contributed by atoms with E-state index in [1.165, 1.54) is 18.2 Å². The maximum atomic E-state index is 13.1. The average molecular weight is 230 g/mol. The van der Waals surface area contributed by atoms with E-state index in [1.54, 1.807) is 31.2 Å². The number of benzene rings is 2. The number of hydrogen-bond donors (Lipinski definition) is 1. The summed E-state index contributed by atoms with van der Waals surface area (Å²) in [5, 5.41) is 8.91. The zero-order chi connectivity index (χ0) is 12.4. The quantitative estimate of drug-likeness (QED) is 0.857. The van der Waals surface area contributed by atoms with Gasteiger partial charge in [0.1, 0.15) is 5.82 Å². The Morgan fingerprint density at radius 1 is 1.12 bits per heavy atom. The van der Waals surface area contributed by atoms with Gasteiger partial charge < -0.3 is 5.11 Å². The van der Waals surface area contributed by atoms with Crippen molar-refractivity contribution in [1.29, 1.82) is 0 Å². The van der Waals surface area contributed by atoms with E-state index >= 15 is 0 Å². The minimum Gasteiger partial charge on any atom is -0.478 e. The molecule has 2 rings (SSSR count). The largest absolute Gasteiger partial charge is 0.478 e.